The zero-order valence-corrected chi connectivity index (χ0v) is 14.0. The van der Waals surface area contributed by atoms with Crippen molar-refractivity contribution in [2.75, 3.05) is 25.1 Å². The van der Waals surface area contributed by atoms with Crippen molar-refractivity contribution < 1.29 is 9.53 Å². The molecular formula is C16H26BrNO2. The van der Waals surface area contributed by atoms with Crippen LogP contribution in [0.5, 0.6) is 0 Å². The van der Waals surface area contributed by atoms with Gasteiger partial charge in [-0.05, 0) is 55.8 Å². The summed E-state index contributed by atoms with van der Waals surface area (Å²) in [6, 6.07) is 0. The van der Waals surface area contributed by atoms with Crippen LogP contribution in [-0.2, 0) is 9.53 Å². The van der Waals surface area contributed by atoms with Crippen LogP contribution in [0.4, 0.5) is 0 Å². The standard InChI is InChI=1S/C16H26BrNO2/c1-15-7-12-6-13(8-15)10-16(9-12,11-15)14(19)18-3-5-20-4-2-17/h12-13H,2-11H2,1H3,(H,18,19). The molecule has 0 heterocycles. The van der Waals surface area contributed by atoms with Gasteiger partial charge in [0.2, 0.25) is 5.91 Å². The van der Waals surface area contributed by atoms with E-state index in [9.17, 15) is 4.79 Å². The molecule has 0 aromatic heterocycles. The highest BCUT2D eigenvalue weighted by Gasteiger charge is 2.58. The largest absolute Gasteiger partial charge is 0.379 e. The van der Waals surface area contributed by atoms with E-state index < -0.39 is 0 Å². The first-order valence-electron chi connectivity index (χ1n) is 7.97. The lowest BCUT2D eigenvalue weighted by Crippen LogP contribution is -2.57. The Morgan fingerprint density at radius 2 is 1.95 bits per heavy atom. The van der Waals surface area contributed by atoms with E-state index in [0.29, 0.717) is 31.1 Å². The molecule has 2 unspecified atom stereocenters. The van der Waals surface area contributed by atoms with Crippen LogP contribution in [0.3, 0.4) is 0 Å². The molecule has 4 heteroatoms. The predicted molar refractivity (Wildman–Crippen MR) is 82.8 cm³/mol. The molecule has 20 heavy (non-hydrogen) atoms. The Hall–Kier alpha value is -0.0900. The summed E-state index contributed by atoms with van der Waals surface area (Å²) in [5, 5.41) is 3.99. The van der Waals surface area contributed by atoms with Gasteiger partial charge in [0, 0.05) is 11.9 Å². The van der Waals surface area contributed by atoms with Gasteiger partial charge in [0.1, 0.15) is 0 Å². The van der Waals surface area contributed by atoms with Gasteiger partial charge in [0.05, 0.1) is 18.6 Å². The Morgan fingerprint density at radius 1 is 1.25 bits per heavy atom. The van der Waals surface area contributed by atoms with Crippen molar-refractivity contribution in [3.05, 3.63) is 0 Å². The molecule has 4 bridgehead atoms. The number of carbonyl (C=O) groups excluding carboxylic acids is 1. The summed E-state index contributed by atoms with van der Waals surface area (Å²) in [7, 11) is 0. The molecule has 4 rings (SSSR count). The number of halogens is 1. The molecule has 0 saturated heterocycles. The van der Waals surface area contributed by atoms with E-state index in [0.717, 1.165) is 36.4 Å². The second kappa shape index (κ2) is 5.60. The fourth-order valence-electron chi connectivity index (χ4n) is 5.57. The quantitative estimate of drug-likeness (QED) is 0.594. The minimum atomic E-state index is -0.0474. The van der Waals surface area contributed by atoms with Gasteiger partial charge in [0.25, 0.3) is 0 Å². The van der Waals surface area contributed by atoms with Gasteiger partial charge in [0.15, 0.2) is 0 Å². The predicted octanol–water partition coefficient (Wildman–Crippen LogP) is 3.12. The lowest BCUT2D eigenvalue weighted by Gasteiger charge is -2.60. The van der Waals surface area contributed by atoms with E-state index in [2.05, 4.69) is 28.2 Å². The molecule has 3 nitrogen and oxygen atoms in total. The summed E-state index contributed by atoms with van der Waals surface area (Å²) < 4.78 is 5.41. The maximum Gasteiger partial charge on any atom is 0.226 e. The van der Waals surface area contributed by atoms with Crippen LogP contribution in [0, 0.1) is 22.7 Å². The molecule has 0 radical (unpaired) electrons. The molecule has 0 spiro atoms. The summed E-state index contributed by atoms with van der Waals surface area (Å²) in [4.78, 5) is 12.7. The number of hydrogen-bond donors (Lipinski definition) is 1. The monoisotopic (exact) mass is 343 g/mol. The zero-order valence-electron chi connectivity index (χ0n) is 12.4. The minimum Gasteiger partial charge on any atom is -0.379 e. The van der Waals surface area contributed by atoms with Gasteiger partial charge in [-0.25, -0.2) is 0 Å². The smallest absolute Gasteiger partial charge is 0.226 e. The maximum atomic E-state index is 12.7. The van der Waals surface area contributed by atoms with Crippen molar-refractivity contribution in [3.63, 3.8) is 0 Å². The third-order valence-electron chi connectivity index (χ3n) is 5.59. The summed E-state index contributed by atoms with van der Waals surface area (Å²) in [5.74, 6) is 1.91. The van der Waals surface area contributed by atoms with E-state index in [1.807, 2.05) is 0 Å². The number of ether oxygens (including phenoxy) is 1. The van der Waals surface area contributed by atoms with Gasteiger partial charge in [-0.15, -0.1) is 0 Å². The Labute approximate surface area is 130 Å². The zero-order chi connectivity index (χ0) is 14.2. The summed E-state index contributed by atoms with van der Waals surface area (Å²) in [6.45, 7) is 4.39. The van der Waals surface area contributed by atoms with Crippen molar-refractivity contribution in [1.29, 1.82) is 0 Å². The van der Waals surface area contributed by atoms with Crippen molar-refractivity contribution in [1.82, 2.24) is 5.32 Å². The molecule has 2 atom stereocenters. The van der Waals surface area contributed by atoms with Crippen molar-refractivity contribution >= 4 is 21.8 Å². The molecule has 4 saturated carbocycles. The molecule has 0 aromatic carbocycles. The second-order valence-corrected chi connectivity index (χ2v) is 8.40. The third kappa shape index (κ3) is 2.78. The summed E-state index contributed by atoms with van der Waals surface area (Å²) >= 11 is 3.33. The van der Waals surface area contributed by atoms with Gasteiger partial charge < -0.3 is 10.1 Å². The first kappa shape index (κ1) is 14.8. The van der Waals surface area contributed by atoms with E-state index in [4.69, 9.17) is 4.74 Å². The van der Waals surface area contributed by atoms with E-state index >= 15 is 0 Å². The summed E-state index contributed by atoms with van der Waals surface area (Å²) in [6.07, 6.45) is 7.46. The molecule has 1 amide bonds. The SMILES string of the molecule is CC12CC3CC(C1)CC(C(=O)NCCOCCBr)(C3)C2. The fourth-order valence-corrected chi connectivity index (χ4v) is 5.80. The molecule has 114 valence electrons. The molecule has 4 fully saturated rings. The van der Waals surface area contributed by atoms with Gasteiger partial charge in [-0.3, -0.25) is 4.79 Å². The lowest BCUT2D eigenvalue weighted by atomic mass is 9.44. The van der Waals surface area contributed by atoms with Crippen molar-refractivity contribution in [2.24, 2.45) is 22.7 Å². The van der Waals surface area contributed by atoms with Crippen LogP contribution in [0.15, 0.2) is 0 Å². The van der Waals surface area contributed by atoms with Crippen molar-refractivity contribution in [2.45, 2.75) is 45.4 Å². The first-order valence-corrected chi connectivity index (χ1v) is 9.09. The van der Waals surface area contributed by atoms with Crippen LogP contribution >= 0.6 is 15.9 Å². The first-order chi connectivity index (χ1) is 9.55. The Morgan fingerprint density at radius 3 is 2.55 bits per heavy atom. The van der Waals surface area contributed by atoms with Crippen LogP contribution in [0.2, 0.25) is 0 Å². The summed E-state index contributed by atoms with van der Waals surface area (Å²) in [5.41, 5.74) is 0.391. The highest BCUT2D eigenvalue weighted by Crippen LogP contribution is 2.65. The highest BCUT2D eigenvalue weighted by molar-refractivity contribution is 9.09. The molecule has 1 N–H and O–H groups in total. The molecular weight excluding hydrogens is 318 g/mol. The van der Waals surface area contributed by atoms with Crippen LogP contribution in [0.1, 0.15) is 45.4 Å². The normalized spacial score (nSPS) is 41.9. The Balaban J connectivity index is 1.57. The van der Waals surface area contributed by atoms with Crippen LogP contribution in [0.25, 0.3) is 0 Å². The average molecular weight is 344 g/mol. The van der Waals surface area contributed by atoms with Crippen LogP contribution in [-0.4, -0.2) is 31.0 Å². The molecule has 0 aromatic rings. The maximum absolute atomic E-state index is 12.7. The number of alkyl halides is 1. The number of amides is 1. The lowest BCUT2D eigenvalue weighted by molar-refractivity contribution is -0.155. The third-order valence-corrected chi connectivity index (χ3v) is 5.91. The van der Waals surface area contributed by atoms with Gasteiger partial charge in [-0.1, -0.05) is 22.9 Å². The number of nitrogens with one attached hydrogen (secondary N) is 1. The fraction of sp³-hybridized carbons (Fsp3) is 0.938. The minimum absolute atomic E-state index is 0.0474. The number of carbonyl (C=O) groups is 1. The van der Waals surface area contributed by atoms with Crippen molar-refractivity contribution in [3.8, 4) is 0 Å². The van der Waals surface area contributed by atoms with Gasteiger partial charge in [-0.2, -0.15) is 0 Å². The highest BCUT2D eigenvalue weighted by atomic mass is 79.9. The van der Waals surface area contributed by atoms with E-state index in [-0.39, 0.29) is 5.41 Å². The number of rotatable bonds is 6. The molecule has 0 aliphatic heterocycles. The molecule has 4 aliphatic carbocycles. The van der Waals surface area contributed by atoms with Gasteiger partial charge >= 0.3 is 0 Å². The second-order valence-electron chi connectivity index (χ2n) is 7.61. The van der Waals surface area contributed by atoms with E-state index in [1.54, 1.807) is 0 Å². The van der Waals surface area contributed by atoms with Crippen LogP contribution < -0.4 is 5.32 Å². The average Bonchev–Trinajstić information content (AvgIpc) is 2.35. The Kier molecular flexibility index (Phi) is 4.15. The Bertz CT molecular complexity index is 371. The van der Waals surface area contributed by atoms with E-state index in [1.165, 1.54) is 19.3 Å². The number of hydrogen-bond acceptors (Lipinski definition) is 2. The topological polar surface area (TPSA) is 38.3 Å². The molecule has 4 aliphatic rings.